The SMILES string of the molecule is Cn1nc2c(c1C#N)CCN(C(=O)OC(C)(C)C)C2. The first-order valence-corrected chi connectivity index (χ1v) is 6.24. The first kappa shape index (κ1) is 13.4. The zero-order valence-corrected chi connectivity index (χ0v) is 11.7. The van der Waals surface area contributed by atoms with E-state index in [1.165, 1.54) is 0 Å². The first-order chi connectivity index (χ1) is 8.81. The first-order valence-electron chi connectivity index (χ1n) is 6.24. The highest BCUT2D eigenvalue weighted by atomic mass is 16.6. The molecule has 2 rings (SSSR count). The van der Waals surface area contributed by atoms with Crippen LogP contribution >= 0.6 is 0 Å². The molecule has 0 N–H and O–H groups in total. The molecule has 102 valence electrons. The van der Waals surface area contributed by atoms with E-state index < -0.39 is 5.60 Å². The van der Waals surface area contributed by atoms with E-state index in [4.69, 9.17) is 10.00 Å². The molecular formula is C13H18N4O2. The monoisotopic (exact) mass is 262 g/mol. The van der Waals surface area contributed by atoms with E-state index in [0.29, 0.717) is 25.2 Å². The Bertz CT molecular complexity index is 548. The Hall–Kier alpha value is -2.03. The van der Waals surface area contributed by atoms with Crippen LogP contribution in [-0.2, 0) is 24.8 Å². The zero-order valence-electron chi connectivity index (χ0n) is 11.7. The summed E-state index contributed by atoms with van der Waals surface area (Å²) < 4.78 is 6.92. The summed E-state index contributed by atoms with van der Waals surface area (Å²) in [4.78, 5) is 13.6. The standard InChI is InChI=1S/C13H18N4O2/c1-13(2,3)19-12(18)17-6-5-9-10(8-17)15-16(4)11(9)7-14/h5-6,8H2,1-4H3. The number of amides is 1. The van der Waals surface area contributed by atoms with Crippen LogP contribution in [-0.4, -0.2) is 32.9 Å². The minimum absolute atomic E-state index is 0.331. The molecule has 0 spiro atoms. The van der Waals surface area contributed by atoms with Crippen molar-refractivity contribution >= 4 is 6.09 Å². The van der Waals surface area contributed by atoms with Crippen LogP contribution in [0.25, 0.3) is 0 Å². The lowest BCUT2D eigenvalue weighted by Crippen LogP contribution is -2.39. The van der Waals surface area contributed by atoms with Gasteiger partial charge in [0.25, 0.3) is 0 Å². The number of ether oxygens (including phenoxy) is 1. The normalized spacial score (nSPS) is 14.8. The second kappa shape index (κ2) is 4.57. The molecule has 0 saturated heterocycles. The fourth-order valence-electron chi connectivity index (χ4n) is 2.14. The molecule has 0 unspecified atom stereocenters. The highest BCUT2D eigenvalue weighted by Gasteiger charge is 2.29. The average molecular weight is 262 g/mol. The molecule has 0 fully saturated rings. The van der Waals surface area contributed by atoms with E-state index in [0.717, 1.165) is 11.3 Å². The Morgan fingerprint density at radius 3 is 2.74 bits per heavy atom. The summed E-state index contributed by atoms with van der Waals surface area (Å²) in [5, 5.41) is 13.4. The smallest absolute Gasteiger partial charge is 0.410 e. The maximum Gasteiger partial charge on any atom is 0.410 e. The molecule has 1 aromatic rings. The fourth-order valence-corrected chi connectivity index (χ4v) is 2.14. The van der Waals surface area contributed by atoms with Crippen molar-refractivity contribution in [2.75, 3.05) is 6.54 Å². The van der Waals surface area contributed by atoms with Crippen LogP contribution in [0.15, 0.2) is 0 Å². The molecule has 6 heteroatoms. The number of carbonyl (C=O) groups is 1. The fraction of sp³-hybridized carbons (Fsp3) is 0.615. The van der Waals surface area contributed by atoms with E-state index in [2.05, 4.69) is 11.2 Å². The second-order valence-corrected chi connectivity index (χ2v) is 5.66. The molecule has 0 saturated carbocycles. The zero-order chi connectivity index (χ0) is 14.2. The lowest BCUT2D eigenvalue weighted by molar-refractivity contribution is 0.0221. The second-order valence-electron chi connectivity index (χ2n) is 5.66. The number of aryl methyl sites for hydroxylation is 1. The number of carbonyl (C=O) groups excluding carboxylic acids is 1. The molecule has 6 nitrogen and oxygen atoms in total. The minimum atomic E-state index is -0.501. The van der Waals surface area contributed by atoms with Gasteiger partial charge in [0.05, 0.1) is 12.2 Å². The molecular weight excluding hydrogens is 244 g/mol. The number of nitriles is 1. The molecule has 2 heterocycles. The molecule has 1 amide bonds. The summed E-state index contributed by atoms with van der Waals surface area (Å²) in [5.41, 5.74) is 1.82. The Labute approximate surface area is 112 Å². The van der Waals surface area contributed by atoms with Crippen LogP contribution in [0.1, 0.15) is 37.7 Å². The van der Waals surface area contributed by atoms with E-state index in [-0.39, 0.29) is 6.09 Å². The van der Waals surface area contributed by atoms with Crippen molar-refractivity contribution in [1.29, 1.82) is 5.26 Å². The third-order valence-corrected chi connectivity index (χ3v) is 2.96. The molecule has 1 aromatic heterocycles. The van der Waals surface area contributed by atoms with Crippen molar-refractivity contribution in [3.05, 3.63) is 17.0 Å². The summed E-state index contributed by atoms with van der Waals surface area (Å²) in [7, 11) is 1.74. The van der Waals surface area contributed by atoms with Gasteiger partial charge in [-0.1, -0.05) is 0 Å². The van der Waals surface area contributed by atoms with Crippen molar-refractivity contribution in [3.8, 4) is 6.07 Å². The van der Waals surface area contributed by atoms with Crippen molar-refractivity contribution in [3.63, 3.8) is 0 Å². The number of hydrogen-bond acceptors (Lipinski definition) is 4. The molecule has 0 aromatic carbocycles. The summed E-state index contributed by atoms with van der Waals surface area (Å²) in [6.07, 6.45) is 0.313. The molecule has 0 aliphatic carbocycles. The maximum atomic E-state index is 12.0. The van der Waals surface area contributed by atoms with Crippen molar-refractivity contribution in [2.24, 2.45) is 7.05 Å². The number of rotatable bonds is 0. The molecule has 0 radical (unpaired) electrons. The molecule has 0 atom stereocenters. The Balaban J connectivity index is 2.15. The van der Waals surface area contributed by atoms with Crippen LogP contribution in [0.3, 0.4) is 0 Å². The van der Waals surface area contributed by atoms with Crippen molar-refractivity contribution in [2.45, 2.75) is 39.3 Å². The van der Waals surface area contributed by atoms with Crippen LogP contribution < -0.4 is 0 Å². The Morgan fingerprint density at radius 2 is 2.16 bits per heavy atom. The van der Waals surface area contributed by atoms with Crippen LogP contribution in [0.4, 0.5) is 4.79 Å². The van der Waals surface area contributed by atoms with Gasteiger partial charge in [0.15, 0.2) is 0 Å². The summed E-state index contributed by atoms with van der Waals surface area (Å²) in [6.45, 7) is 6.49. The van der Waals surface area contributed by atoms with Gasteiger partial charge in [0, 0.05) is 19.2 Å². The van der Waals surface area contributed by atoms with Gasteiger partial charge in [-0.3, -0.25) is 4.68 Å². The lowest BCUT2D eigenvalue weighted by atomic mass is 10.1. The van der Waals surface area contributed by atoms with Crippen molar-refractivity contribution in [1.82, 2.24) is 14.7 Å². The molecule has 1 aliphatic heterocycles. The van der Waals surface area contributed by atoms with E-state index in [1.807, 2.05) is 20.8 Å². The third-order valence-electron chi connectivity index (χ3n) is 2.96. The summed E-state index contributed by atoms with van der Waals surface area (Å²) >= 11 is 0. The third kappa shape index (κ3) is 2.70. The predicted molar refractivity (Wildman–Crippen MR) is 68.3 cm³/mol. The number of aromatic nitrogens is 2. The van der Waals surface area contributed by atoms with Gasteiger partial charge in [-0.25, -0.2) is 4.79 Å². The topological polar surface area (TPSA) is 71.2 Å². The number of fused-ring (bicyclic) bond motifs is 1. The molecule has 0 bridgehead atoms. The van der Waals surface area contributed by atoms with Crippen LogP contribution in [0.5, 0.6) is 0 Å². The van der Waals surface area contributed by atoms with E-state index in [1.54, 1.807) is 16.6 Å². The minimum Gasteiger partial charge on any atom is -0.444 e. The highest BCUT2D eigenvalue weighted by molar-refractivity contribution is 5.68. The van der Waals surface area contributed by atoms with Gasteiger partial charge in [-0.05, 0) is 27.2 Å². The maximum absolute atomic E-state index is 12.0. The Kier molecular flexibility index (Phi) is 3.23. The van der Waals surface area contributed by atoms with Crippen molar-refractivity contribution < 1.29 is 9.53 Å². The van der Waals surface area contributed by atoms with E-state index in [9.17, 15) is 4.79 Å². The number of nitrogens with zero attached hydrogens (tertiary/aromatic N) is 4. The van der Waals surface area contributed by atoms with Gasteiger partial charge in [0.1, 0.15) is 17.4 Å². The summed E-state index contributed by atoms with van der Waals surface area (Å²) in [5.74, 6) is 0. The van der Waals surface area contributed by atoms with Gasteiger partial charge in [-0.15, -0.1) is 0 Å². The van der Waals surface area contributed by atoms with Crippen LogP contribution in [0.2, 0.25) is 0 Å². The molecule has 19 heavy (non-hydrogen) atoms. The number of hydrogen-bond donors (Lipinski definition) is 0. The van der Waals surface area contributed by atoms with Gasteiger partial charge < -0.3 is 9.64 Å². The Morgan fingerprint density at radius 1 is 1.47 bits per heavy atom. The van der Waals surface area contributed by atoms with E-state index >= 15 is 0 Å². The van der Waals surface area contributed by atoms with Gasteiger partial charge >= 0.3 is 6.09 Å². The summed E-state index contributed by atoms with van der Waals surface area (Å²) in [6, 6.07) is 2.15. The lowest BCUT2D eigenvalue weighted by Gasteiger charge is -2.29. The van der Waals surface area contributed by atoms with Crippen LogP contribution in [0, 0.1) is 11.3 Å². The van der Waals surface area contributed by atoms with Gasteiger partial charge in [-0.2, -0.15) is 10.4 Å². The average Bonchev–Trinajstić information content (AvgIpc) is 2.60. The molecule has 1 aliphatic rings. The largest absolute Gasteiger partial charge is 0.444 e. The quantitative estimate of drug-likeness (QED) is 0.711. The van der Waals surface area contributed by atoms with Gasteiger partial charge in [0.2, 0.25) is 0 Å². The highest BCUT2D eigenvalue weighted by Crippen LogP contribution is 2.22. The predicted octanol–water partition coefficient (Wildman–Crippen LogP) is 1.58.